The number of pyridine rings is 1. The zero-order valence-corrected chi connectivity index (χ0v) is 14.5. The predicted octanol–water partition coefficient (Wildman–Crippen LogP) is 3.26. The van der Waals surface area contributed by atoms with E-state index in [1.54, 1.807) is 25.0 Å². The second kappa shape index (κ2) is 8.64. The molecule has 112 valence electrons. The number of hydrogen-bond donors (Lipinski definition) is 1. The molecule has 6 heteroatoms. The number of carbonyl (C=O) groups is 1. The maximum absolute atomic E-state index is 11.9. The number of carbonyl (C=O) groups excluding carboxylic acids is 1. The molecule has 0 bridgehead atoms. The Morgan fingerprint density at radius 2 is 2.35 bits per heavy atom. The van der Waals surface area contributed by atoms with Crippen LogP contribution < -0.4 is 5.32 Å². The average molecular weight is 361 g/mol. The molecule has 0 amide bonds. The highest BCUT2D eigenvalue weighted by Crippen LogP contribution is 2.26. The molecule has 1 aromatic heterocycles. The lowest BCUT2D eigenvalue weighted by Gasteiger charge is -2.26. The first-order valence-electron chi connectivity index (χ1n) is 6.63. The van der Waals surface area contributed by atoms with Crippen LogP contribution in [0.15, 0.2) is 27.8 Å². The number of ether oxygens (including phenoxy) is 1. The number of halogens is 1. The van der Waals surface area contributed by atoms with E-state index in [2.05, 4.69) is 26.2 Å². The smallest absolute Gasteiger partial charge is 0.326 e. The molecule has 0 aliphatic heterocycles. The summed E-state index contributed by atoms with van der Waals surface area (Å²) in [7, 11) is 1.79. The third-order valence-corrected chi connectivity index (χ3v) is 5.06. The molecule has 0 aromatic carbocycles. The van der Waals surface area contributed by atoms with Crippen LogP contribution in [0.1, 0.15) is 26.7 Å². The summed E-state index contributed by atoms with van der Waals surface area (Å²) < 4.78 is 6.11. The lowest BCUT2D eigenvalue weighted by atomic mass is 9.97. The molecule has 20 heavy (non-hydrogen) atoms. The summed E-state index contributed by atoms with van der Waals surface area (Å²) >= 11 is 5.16. The molecule has 0 aliphatic carbocycles. The maximum atomic E-state index is 11.9. The lowest BCUT2D eigenvalue weighted by Crippen LogP contribution is -2.48. The van der Waals surface area contributed by atoms with Crippen molar-refractivity contribution in [2.45, 2.75) is 37.3 Å². The minimum atomic E-state index is -0.613. The van der Waals surface area contributed by atoms with Gasteiger partial charge >= 0.3 is 5.97 Å². The van der Waals surface area contributed by atoms with Crippen LogP contribution in [0.2, 0.25) is 0 Å². The molecular formula is C14H21BrN2O2S. The minimum absolute atomic E-state index is 0.188. The van der Waals surface area contributed by atoms with Crippen molar-refractivity contribution >= 4 is 33.7 Å². The van der Waals surface area contributed by atoms with Gasteiger partial charge in [-0.2, -0.15) is 0 Å². The van der Waals surface area contributed by atoms with Crippen molar-refractivity contribution in [2.24, 2.45) is 0 Å². The van der Waals surface area contributed by atoms with E-state index >= 15 is 0 Å². The van der Waals surface area contributed by atoms with Gasteiger partial charge in [-0.05, 0) is 67.6 Å². The van der Waals surface area contributed by atoms with Crippen LogP contribution in [0.4, 0.5) is 0 Å². The summed E-state index contributed by atoms with van der Waals surface area (Å²) in [4.78, 5) is 16.2. The number of likely N-dealkylation sites (N-methyl/N-ethyl adjacent to an activating group) is 1. The number of rotatable bonds is 8. The van der Waals surface area contributed by atoms with E-state index in [0.29, 0.717) is 6.61 Å². The van der Waals surface area contributed by atoms with Crippen LogP contribution in [0.25, 0.3) is 0 Å². The first-order chi connectivity index (χ1) is 9.53. The molecule has 1 aromatic rings. The van der Waals surface area contributed by atoms with Gasteiger partial charge in [0, 0.05) is 10.7 Å². The number of thioether (sulfide) groups is 1. The Morgan fingerprint density at radius 3 is 2.95 bits per heavy atom. The Hall–Kier alpha value is -0.590. The van der Waals surface area contributed by atoms with Crippen LogP contribution in [-0.4, -0.2) is 35.9 Å². The van der Waals surface area contributed by atoms with Gasteiger partial charge in [-0.3, -0.25) is 4.79 Å². The van der Waals surface area contributed by atoms with Gasteiger partial charge in [0.25, 0.3) is 0 Å². The fraction of sp³-hybridized carbons (Fsp3) is 0.571. The van der Waals surface area contributed by atoms with Crippen LogP contribution in [0.3, 0.4) is 0 Å². The molecule has 0 aliphatic rings. The van der Waals surface area contributed by atoms with E-state index in [4.69, 9.17) is 4.74 Å². The van der Waals surface area contributed by atoms with Gasteiger partial charge in [-0.25, -0.2) is 4.98 Å². The fourth-order valence-electron chi connectivity index (χ4n) is 1.69. The number of esters is 1. The Balaban J connectivity index is 2.42. The van der Waals surface area contributed by atoms with Crippen LogP contribution >= 0.6 is 27.7 Å². The first-order valence-corrected chi connectivity index (χ1v) is 8.41. The van der Waals surface area contributed by atoms with Gasteiger partial charge in [0.2, 0.25) is 0 Å². The van der Waals surface area contributed by atoms with Crippen LogP contribution in [-0.2, 0) is 9.53 Å². The van der Waals surface area contributed by atoms with Crippen molar-refractivity contribution < 1.29 is 9.53 Å². The highest BCUT2D eigenvalue weighted by atomic mass is 79.9. The SMILES string of the molecule is CCOC(=O)C(C)(CCCSc1ncccc1Br)NC. The number of hydrogen-bond acceptors (Lipinski definition) is 5. The monoisotopic (exact) mass is 360 g/mol. The topological polar surface area (TPSA) is 51.2 Å². The van der Waals surface area contributed by atoms with Gasteiger partial charge in [-0.15, -0.1) is 11.8 Å². The fourth-order valence-corrected chi connectivity index (χ4v) is 3.11. The van der Waals surface area contributed by atoms with Crippen molar-refractivity contribution in [3.05, 3.63) is 22.8 Å². The third-order valence-electron chi connectivity index (χ3n) is 3.06. The molecule has 1 N–H and O–H groups in total. The van der Waals surface area contributed by atoms with E-state index in [9.17, 15) is 4.79 Å². The molecular weight excluding hydrogens is 340 g/mol. The molecule has 1 rings (SSSR count). The van der Waals surface area contributed by atoms with Gasteiger partial charge in [0.15, 0.2) is 0 Å². The van der Waals surface area contributed by atoms with Crippen molar-refractivity contribution in [1.82, 2.24) is 10.3 Å². The van der Waals surface area contributed by atoms with Crippen LogP contribution in [0, 0.1) is 0 Å². The van der Waals surface area contributed by atoms with Crippen molar-refractivity contribution in [1.29, 1.82) is 0 Å². The van der Waals surface area contributed by atoms with E-state index in [1.165, 1.54) is 0 Å². The number of nitrogens with one attached hydrogen (secondary N) is 1. The quantitative estimate of drug-likeness (QED) is 0.438. The van der Waals surface area contributed by atoms with E-state index in [-0.39, 0.29) is 5.97 Å². The Morgan fingerprint density at radius 1 is 1.60 bits per heavy atom. The Kier molecular flexibility index (Phi) is 7.55. The van der Waals surface area contributed by atoms with Gasteiger partial charge in [-0.1, -0.05) is 0 Å². The lowest BCUT2D eigenvalue weighted by molar-refractivity contribution is -0.150. The third kappa shape index (κ3) is 5.07. The molecule has 0 spiro atoms. The molecule has 4 nitrogen and oxygen atoms in total. The summed E-state index contributed by atoms with van der Waals surface area (Å²) in [5.41, 5.74) is -0.613. The molecule has 0 radical (unpaired) electrons. The average Bonchev–Trinajstić information content (AvgIpc) is 2.45. The van der Waals surface area contributed by atoms with E-state index < -0.39 is 5.54 Å². The summed E-state index contributed by atoms with van der Waals surface area (Å²) in [6.07, 6.45) is 3.42. The van der Waals surface area contributed by atoms with Gasteiger partial charge < -0.3 is 10.1 Å². The van der Waals surface area contributed by atoms with Crippen molar-refractivity contribution in [3.63, 3.8) is 0 Å². The summed E-state index contributed by atoms with van der Waals surface area (Å²) in [5, 5.41) is 4.05. The second-order valence-corrected chi connectivity index (χ2v) is 6.48. The van der Waals surface area contributed by atoms with Gasteiger partial charge in [0.1, 0.15) is 10.6 Å². The molecule has 1 unspecified atom stereocenters. The summed E-state index contributed by atoms with van der Waals surface area (Å²) in [5.74, 6) is 0.721. The highest BCUT2D eigenvalue weighted by Gasteiger charge is 2.32. The van der Waals surface area contributed by atoms with Crippen molar-refractivity contribution in [2.75, 3.05) is 19.4 Å². The van der Waals surface area contributed by atoms with E-state index in [1.807, 2.05) is 26.0 Å². The second-order valence-electron chi connectivity index (χ2n) is 4.54. The maximum Gasteiger partial charge on any atom is 0.326 e. The molecule has 0 saturated carbocycles. The first kappa shape index (κ1) is 17.5. The molecule has 1 atom stereocenters. The van der Waals surface area contributed by atoms with Crippen LogP contribution in [0.5, 0.6) is 0 Å². The predicted molar refractivity (Wildman–Crippen MR) is 86.0 cm³/mol. The summed E-state index contributed by atoms with van der Waals surface area (Å²) in [6.45, 7) is 4.11. The van der Waals surface area contributed by atoms with Gasteiger partial charge in [0.05, 0.1) is 6.61 Å². The van der Waals surface area contributed by atoms with Crippen molar-refractivity contribution in [3.8, 4) is 0 Å². The molecule has 1 heterocycles. The molecule has 0 saturated heterocycles. The highest BCUT2D eigenvalue weighted by molar-refractivity contribution is 9.10. The minimum Gasteiger partial charge on any atom is -0.465 e. The summed E-state index contributed by atoms with van der Waals surface area (Å²) in [6, 6.07) is 3.87. The largest absolute Gasteiger partial charge is 0.465 e. The standard InChI is InChI=1S/C14H21BrN2O2S/c1-4-19-13(18)14(2,16-3)8-6-10-20-12-11(15)7-5-9-17-12/h5,7,9,16H,4,6,8,10H2,1-3H3. The Labute approximate surface area is 133 Å². The number of nitrogens with zero attached hydrogens (tertiary/aromatic N) is 1. The normalized spacial score (nSPS) is 13.8. The zero-order valence-electron chi connectivity index (χ0n) is 12.1. The molecule has 0 fully saturated rings. The number of aromatic nitrogens is 1. The Bertz CT molecular complexity index is 445. The van der Waals surface area contributed by atoms with E-state index in [0.717, 1.165) is 28.1 Å². The zero-order chi connectivity index (χ0) is 15.0.